The number of para-hydroxylation sites is 1. The van der Waals surface area contributed by atoms with Gasteiger partial charge in [-0.3, -0.25) is 14.6 Å². The summed E-state index contributed by atoms with van der Waals surface area (Å²) in [5, 5.41) is 5.59. The van der Waals surface area contributed by atoms with E-state index in [0.29, 0.717) is 6.54 Å². The quantitative estimate of drug-likeness (QED) is 0.608. The van der Waals surface area contributed by atoms with E-state index >= 15 is 0 Å². The monoisotopic (exact) mass is 414 g/mol. The zero-order valence-electron chi connectivity index (χ0n) is 17.5. The maximum absolute atomic E-state index is 12.5. The molecule has 4 rings (SSSR count). The zero-order valence-corrected chi connectivity index (χ0v) is 17.5. The summed E-state index contributed by atoms with van der Waals surface area (Å²) in [6.45, 7) is 3.03. The van der Waals surface area contributed by atoms with Crippen molar-refractivity contribution in [2.24, 2.45) is 0 Å². The zero-order chi connectivity index (χ0) is 21.6. The molecule has 2 aromatic carbocycles. The Bertz CT molecular complexity index is 1040. The molecule has 3 aromatic rings. The van der Waals surface area contributed by atoms with Crippen LogP contribution in [0.25, 0.3) is 0 Å². The average molecular weight is 415 g/mol. The third kappa shape index (κ3) is 4.74. The molecule has 31 heavy (non-hydrogen) atoms. The molecule has 0 fully saturated rings. The standard InChI is InChI=1S/C25H26N4O2/c1-18(19-8-3-2-4-9-19)28-25(31)24(30)27-17-23(21-11-7-14-26-16-21)29-15-13-20-10-5-6-12-22(20)29/h2-12,14,16,18,23H,13,15,17H2,1H3,(H,27,30)(H,28,31). The first-order valence-electron chi connectivity index (χ1n) is 10.5. The Kier molecular flexibility index (Phi) is 6.26. The number of anilines is 1. The van der Waals surface area contributed by atoms with Crippen molar-refractivity contribution in [3.05, 3.63) is 95.8 Å². The molecule has 1 aliphatic rings. The van der Waals surface area contributed by atoms with Gasteiger partial charge in [0.25, 0.3) is 0 Å². The number of nitrogens with one attached hydrogen (secondary N) is 2. The highest BCUT2D eigenvalue weighted by atomic mass is 16.2. The van der Waals surface area contributed by atoms with E-state index < -0.39 is 11.8 Å². The van der Waals surface area contributed by atoms with Gasteiger partial charge in [-0.15, -0.1) is 0 Å². The van der Waals surface area contributed by atoms with E-state index in [4.69, 9.17) is 0 Å². The smallest absolute Gasteiger partial charge is 0.309 e. The largest absolute Gasteiger partial charge is 0.362 e. The van der Waals surface area contributed by atoms with E-state index in [9.17, 15) is 9.59 Å². The fourth-order valence-electron chi connectivity index (χ4n) is 4.03. The number of carbonyl (C=O) groups excluding carboxylic acids is 2. The van der Waals surface area contributed by atoms with E-state index in [1.165, 1.54) is 5.56 Å². The van der Waals surface area contributed by atoms with Crippen LogP contribution < -0.4 is 15.5 Å². The number of amides is 2. The van der Waals surface area contributed by atoms with Gasteiger partial charge in [-0.05, 0) is 42.2 Å². The molecule has 1 aromatic heterocycles. The molecule has 0 spiro atoms. The van der Waals surface area contributed by atoms with E-state index in [1.54, 1.807) is 6.20 Å². The predicted octanol–water partition coefficient (Wildman–Crippen LogP) is 3.18. The van der Waals surface area contributed by atoms with Gasteiger partial charge in [0.2, 0.25) is 0 Å². The Morgan fingerprint density at radius 3 is 2.48 bits per heavy atom. The Morgan fingerprint density at radius 2 is 1.71 bits per heavy atom. The van der Waals surface area contributed by atoms with E-state index in [0.717, 1.165) is 29.8 Å². The highest BCUT2D eigenvalue weighted by molar-refractivity contribution is 6.35. The van der Waals surface area contributed by atoms with Gasteiger partial charge in [-0.2, -0.15) is 0 Å². The highest BCUT2D eigenvalue weighted by Crippen LogP contribution is 2.34. The number of benzene rings is 2. The van der Waals surface area contributed by atoms with Gasteiger partial charge in [0.05, 0.1) is 12.1 Å². The minimum Gasteiger partial charge on any atom is -0.362 e. The lowest BCUT2D eigenvalue weighted by Gasteiger charge is -2.31. The fourth-order valence-corrected chi connectivity index (χ4v) is 4.03. The van der Waals surface area contributed by atoms with Crippen LogP contribution >= 0.6 is 0 Å². The number of hydrogen-bond acceptors (Lipinski definition) is 4. The third-order valence-corrected chi connectivity index (χ3v) is 5.68. The van der Waals surface area contributed by atoms with Crippen molar-refractivity contribution in [2.45, 2.75) is 25.4 Å². The molecule has 0 saturated heterocycles. The molecule has 2 unspecified atom stereocenters. The molecular formula is C25H26N4O2. The normalized spacial score (nSPS) is 14.4. The summed E-state index contributed by atoms with van der Waals surface area (Å²) in [6, 6.07) is 21.4. The van der Waals surface area contributed by atoms with Gasteiger partial charge in [0.1, 0.15) is 0 Å². The maximum atomic E-state index is 12.5. The van der Waals surface area contributed by atoms with E-state index in [1.807, 2.05) is 67.7 Å². The maximum Gasteiger partial charge on any atom is 0.309 e. The summed E-state index contributed by atoms with van der Waals surface area (Å²) < 4.78 is 0. The van der Waals surface area contributed by atoms with Crippen molar-refractivity contribution >= 4 is 17.5 Å². The molecule has 2 heterocycles. The Hall–Kier alpha value is -3.67. The van der Waals surface area contributed by atoms with Crippen molar-refractivity contribution in [2.75, 3.05) is 18.0 Å². The Balaban J connectivity index is 1.44. The van der Waals surface area contributed by atoms with Crippen LogP contribution in [0, 0.1) is 0 Å². The van der Waals surface area contributed by atoms with Crippen molar-refractivity contribution in [3.8, 4) is 0 Å². The number of nitrogens with zero attached hydrogens (tertiary/aromatic N) is 2. The van der Waals surface area contributed by atoms with Crippen LogP contribution in [0.4, 0.5) is 5.69 Å². The summed E-state index contributed by atoms with van der Waals surface area (Å²) >= 11 is 0. The van der Waals surface area contributed by atoms with Crippen LogP contribution in [0.5, 0.6) is 0 Å². The van der Waals surface area contributed by atoms with Gasteiger partial charge >= 0.3 is 11.8 Å². The molecular weight excluding hydrogens is 388 g/mol. The summed E-state index contributed by atoms with van der Waals surface area (Å²) in [4.78, 5) is 31.5. The van der Waals surface area contributed by atoms with Gasteiger partial charge in [-0.25, -0.2) is 0 Å². The van der Waals surface area contributed by atoms with E-state index in [-0.39, 0.29) is 12.1 Å². The van der Waals surface area contributed by atoms with Gasteiger partial charge in [0, 0.05) is 31.2 Å². The SMILES string of the molecule is CC(NC(=O)C(=O)NCC(c1cccnc1)N1CCc2ccccc21)c1ccccc1. The predicted molar refractivity (Wildman–Crippen MR) is 120 cm³/mol. The average Bonchev–Trinajstić information content (AvgIpc) is 3.24. The van der Waals surface area contributed by atoms with Crippen LogP contribution in [-0.4, -0.2) is 29.9 Å². The molecule has 2 atom stereocenters. The van der Waals surface area contributed by atoms with Crippen LogP contribution in [0.2, 0.25) is 0 Å². The topological polar surface area (TPSA) is 74.3 Å². The van der Waals surface area contributed by atoms with Crippen LogP contribution in [0.1, 0.15) is 35.7 Å². The van der Waals surface area contributed by atoms with Crippen LogP contribution in [0.15, 0.2) is 79.1 Å². The van der Waals surface area contributed by atoms with Crippen LogP contribution in [0.3, 0.4) is 0 Å². The summed E-state index contributed by atoms with van der Waals surface area (Å²) in [7, 11) is 0. The molecule has 6 heteroatoms. The number of rotatable bonds is 6. The summed E-state index contributed by atoms with van der Waals surface area (Å²) in [6.07, 6.45) is 4.50. The second-order valence-corrected chi connectivity index (χ2v) is 7.69. The molecule has 2 N–H and O–H groups in total. The first-order valence-corrected chi connectivity index (χ1v) is 10.5. The van der Waals surface area contributed by atoms with E-state index in [2.05, 4.69) is 32.7 Å². The summed E-state index contributed by atoms with van der Waals surface area (Å²) in [5.74, 6) is -1.27. The van der Waals surface area contributed by atoms with Gasteiger partial charge < -0.3 is 15.5 Å². The lowest BCUT2D eigenvalue weighted by Crippen LogP contribution is -2.44. The van der Waals surface area contributed by atoms with Crippen molar-refractivity contribution in [1.82, 2.24) is 15.6 Å². The molecule has 0 radical (unpaired) electrons. The molecule has 2 amide bonds. The van der Waals surface area contributed by atoms with Crippen molar-refractivity contribution in [3.63, 3.8) is 0 Å². The molecule has 0 aliphatic carbocycles. The number of fused-ring (bicyclic) bond motifs is 1. The first kappa shape index (κ1) is 20.6. The number of carbonyl (C=O) groups is 2. The lowest BCUT2D eigenvalue weighted by atomic mass is 10.1. The Morgan fingerprint density at radius 1 is 0.968 bits per heavy atom. The number of pyridine rings is 1. The third-order valence-electron chi connectivity index (χ3n) is 5.68. The second-order valence-electron chi connectivity index (χ2n) is 7.69. The molecule has 0 bridgehead atoms. The molecule has 6 nitrogen and oxygen atoms in total. The molecule has 0 saturated carbocycles. The minimum absolute atomic E-state index is 0.111. The first-order chi connectivity index (χ1) is 15.1. The van der Waals surface area contributed by atoms with Crippen molar-refractivity contribution < 1.29 is 9.59 Å². The lowest BCUT2D eigenvalue weighted by molar-refractivity contribution is -0.139. The number of hydrogen-bond donors (Lipinski definition) is 2. The second kappa shape index (κ2) is 9.43. The highest BCUT2D eigenvalue weighted by Gasteiger charge is 2.28. The van der Waals surface area contributed by atoms with Crippen LogP contribution in [-0.2, 0) is 16.0 Å². The van der Waals surface area contributed by atoms with Gasteiger partial charge in [0.15, 0.2) is 0 Å². The molecule has 1 aliphatic heterocycles. The molecule has 158 valence electrons. The fraction of sp³-hybridized carbons (Fsp3) is 0.240. The summed E-state index contributed by atoms with van der Waals surface area (Å²) in [5.41, 5.74) is 4.40. The van der Waals surface area contributed by atoms with Gasteiger partial charge in [-0.1, -0.05) is 54.6 Å². The number of aromatic nitrogens is 1. The van der Waals surface area contributed by atoms with Crippen molar-refractivity contribution in [1.29, 1.82) is 0 Å². The Labute approximate surface area is 182 Å². The minimum atomic E-state index is -0.636.